The van der Waals surface area contributed by atoms with E-state index in [2.05, 4.69) is 0 Å². The van der Waals surface area contributed by atoms with E-state index >= 15 is 0 Å². The molecule has 0 radical (unpaired) electrons. The van der Waals surface area contributed by atoms with Crippen LogP contribution in [0.5, 0.6) is 0 Å². The summed E-state index contributed by atoms with van der Waals surface area (Å²) < 4.78 is 32.0. The van der Waals surface area contributed by atoms with Gasteiger partial charge in [-0.3, -0.25) is 9.59 Å². The van der Waals surface area contributed by atoms with Crippen LogP contribution in [0.15, 0.2) is 57.7 Å². The average Bonchev–Trinajstić information content (AvgIpc) is 2.62. The number of halogens is 2. The number of rotatable bonds is 3. The predicted molar refractivity (Wildman–Crippen MR) is 89.4 cm³/mol. The van der Waals surface area contributed by atoms with Crippen molar-refractivity contribution in [1.29, 1.82) is 0 Å². The van der Waals surface area contributed by atoms with Crippen LogP contribution >= 0.6 is 0 Å². The molecule has 1 aromatic heterocycles. The number of hydrogen-bond donors (Lipinski definition) is 0. The van der Waals surface area contributed by atoms with E-state index in [1.54, 1.807) is 31.2 Å². The molecular weight excluding hydrogens is 328 g/mol. The zero-order valence-corrected chi connectivity index (χ0v) is 13.6. The second kappa shape index (κ2) is 6.47. The van der Waals surface area contributed by atoms with Gasteiger partial charge in [0.05, 0.1) is 11.4 Å². The van der Waals surface area contributed by atoms with Crippen LogP contribution in [0.1, 0.15) is 29.1 Å². The van der Waals surface area contributed by atoms with Crippen LogP contribution in [-0.2, 0) is 0 Å². The number of fused-ring (bicyclic) bond motifs is 1. The second-order valence-electron chi connectivity index (χ2n) is 5.74. The standard InChI is InChI=1S/C19H15F2NO3/c1-11(12-7-8-14(20)15(21)9-12)22(2)19(24)18-10-16(23)13-5-3-4-6-17(13)25-18/h3-11H,1-2H3. The molecule has 4 nitrogen and oxygen atoms in total. The van der Waals surface area contributed by atoms with Gasteiger partial charge in [0.2, 0.25) is 0 Å². The van der Waals surface area contributed by atoms with Crippen molar-refractivity contribution in [3.63, 3.8) is 0 Å². The smallest absolute Gasteiger partial charge is 0.289 e. The first-order chi connectivity index (χ1) is 11.9. The van der Waals surface area contributed by atoms with E-state index in [9.17, 15) is 18.4 Å². The highest BCUT2D eigenvalue weighted by molar-refractivity contribution is 5.93. The zero-order chi connectivity index (χ0) is 18.1. The van der Waals surface area contributed by atoms with Gasteiger partial charge < -0.3 is 9.32 Å². The molecule has 0 fully saturated rings. The molecule has 0 saturated heterocycles. The van der Waals surface area contributed by atoms with Gasteiger partial charge in [0.15, 0.2) is 22.8 Å². The zero-order valence-electron chi connectivity index (χ0n) is 13.6. The van der Waals surface area contributed by atoms with Gasteiger partial charge in [0.25, 0.3) is 5.91 Å². The van der Waals surface area contributed by atoms with Crippen LogP contribution in [0.2, 0.25) is 0 Å². The molecule has 6 heteroatoms. The quantitative estimate of drug-likeness (QED) is 0.725. The Bertz CT molecular complexity index is 1010. The van der Waals surface area contributed by atoms with Crippen molar-refractivity contribution in [2.24, 2.45) is 0 Å². The fourth-order valence-corrected chi connectivity index (χ4v) is 2.55. The van der Waals surface area contributed by atoms with E-state index < -0.39 is 23.6 Å². The van der Waals surface area contributed by atoms with Crippen LogP contribution in [0.3, 0.4) is 0 Å². The first-order valence-electron chi connectivity index (χ1n) is 7.63. The van der Waals surface area contributed by atoms with Gasteiger partial charge in [0, 0.05) is 13.1 Å². The summed E-state index contributed by atoms with van der Waals surface area (Å²) >= 11 is 0. The number of amides is 1. The van der Waals surface area contributed by atoms with Gasteiger partial charge in [0.1, 0.15) is 5.58 Å². The highest BCUT2D eigenvalue weighted by atomic mass is 19.2. The largest absolute Gasteiger partial charge is 0.451 e. The van der Waals surface area contributed by atoms with Crippen LogP contribution in [0.25, 0.3) is 11.0 Å². The normalized spacial score (nSPS) is 12.2. The van der Waals surface area contributed by atoms with Gasteiger partial charge in [-0.2, -0.15) is 0 Å². The third-order valence-electron chi connectivity index (χ3n) is 4.17. The minimum atomic E-state index is -0.984. The SMILES string of the molecule is CC(c1ccc(F)c(F)c1)N(C)C(=O)c1cc(=O)c2ccccc2o1. The lowest BCUT2D eigenvalue weighted by Gasteiger charge is -2.25. The fraction of sp³-hybridized carbons (Fsp3) is 0.158. The van der Waals surface area contributed by atoms with Crippen molar-refractivity contribution < 1.29 is 18.0 Å². The molecule has 0 bridgehead atoms. The van der Waals surface area contributed by atoms with Gasteiger partial charge in [-0.05, 0) is 36.8 Å². The Hall–Kier alpha value is -3.02. The molecule has 1 heterocycles. The first-order valence-corrected chi connectivity index (χ1v) is 7.63. The Morgan fingerprint density at radius 1 is 1.08 bits per heavy atom. The van der Waals surface area contributed by atoms with Crippen LogP contribution in [-0.4, -0.2) is 17.9 Å². The van der Waals surface area contributed by atoms with Crippen LogP contribution in [0.4, 0.5) is 8.78 Å². The molecule has 3 rings (SSSR count). The minimum Gasteiger partial charge on any atom is -0.451 e. The van der Waals surface area contributed by atoms with Crippen molar-refractivity contribution in [2.45, 2.75) is 13.0 Å². The van der Waals surface area contributed by atoms with Crippen molar-refractivity contribution in [3.8, 4) is 0 Å². The summed E-state index contributed by atoms with van der Waals surface area (Å²) in [5.74, 6) is -2.58. The summed E-state index contributed by atoms with van der Waals surface area (Å²) in [6, 6.07) is 10.7. The predicted octanol–water partition coefficient (Wildman–Crippen LogP) is 3.90. The number of para-hydroxylation sites is 1. The Kier molecular flexibility index (Phi) is 4.35. The molecule has 0 spiro atoms. The number of nitrogens with zero attached hydrogens (tertiary/aromatic N) is 1. The molecule has 0 aliphatic heterocycles. The number of carbonyl (C=O) groups is 1. The molecule has 2 aromatic carbocycles. The van der Waals surface area contributed by atoms with Gasteiger partial charge in [-0.15, -0.1) is 0 Å². The van der Waals surface area contributed by atoms with E-state index in [1.165, 1.54) is 18.0 Å². The van der Waals surface area contributed by atoms with Gasteiger partial charge in [-0.1, -0.05) is 18.2 Å². The first kappa shape index (κ1) is 16.8. The summed E-state index contributed by atoms with van der Waals surface area (Å²) in [5, 5.41) is 0.385. The van der Waals surface area contributed by atoms with Crippen molar-refractivity contribution in [3.05, 3.63) is 81.7 Å². The average molecular weight is 343 g/mol. The molecule has 0 aliphatic carbocycles. The lowest BCUT2D eigenvalue weighted by Crippen LogP contribution is -2.30. The highest BCUT2D eigenvalue weighted by Crippen LogP contribution is 2.23. The molecule has 0 N–H and O–H groups in total. The molecule has 0 aliphatic rings. The Balaban J connectivity index is 1.94. The van der Waals surface area contributed by atoms with E-state index in [0.717, 1.165) is 18.2 Å². The summed E-state index contributed by atoms with van der Waals surface area (Å²) in [6.07, 6.45) is 0. The summed E-state index contributed by atoms with van der Waals surface area (Å²) in [5.41, 5.74) is 0.421. The maximum Gasteiger partial charge on any atom is 0.289 e. The van der Waals surface area contributed by atoms with Crippen LogP contribution < -0.4 is 5.43 Å². The van der Waals surface area contributed by atoms with E-state index in [4.69, 9.17) is 4.42 Å². The second-order valence-corrected chi connectivity index (χ2v) is 5.74. The summed E-state index contributed by atoms with van der Waals surface area (Å²) in [4.78, 5) is 26.1. The fourth-order valence-electron chi connectivity index (χ4n) is 2.55. The Morgan fingerprint density at radius 2 is 1.80 bits per heavy atom. The molecule has 3 aromatic rings. The van der Waals surface area contributed by atoms with Crippen molar-refractivity contribution >= 4 is 16.9 Å². The van der Waals surface area contributed by atoms with E-state index in [1.807, 2.05) is 0 Å². The Morgan fingerprint density at radius 3 is 2.52 bits per heavy atom. The van der Waals surface area contributed by atoms with E-state index in [0.29, 0.717) is 16.5 Å². The third-order valence-corrected chi connectivity index (χ3v) is 4.17. The molecule has 1 unspecified atom stereocenters. The number of benzene rings is 2. The van der Waals surface area contributed by atoms with Crippen molar-refractivity contribution in [2.75, 3.05) is 7.05 Å². The number of carbonyl (C=O) groups excluding carboxylic acids is 1. The highest BCUT2D eigenvalue weighted by Gasteiger charge is 2.22. The topological polar surface area (TPSA) is 50.5 Å². The molecular formula is C19H15F2NO3. The van der Waals surface area contributed by atoms with Gasteiger partial charge >= 0.3 is 0 Å². The summed E-state index contributed by atoms with van der Waals surface area (Å²) in [6.45, 7) is 1.67. The Labute approximate surface area is 142 Å². The lowest BCUT2D eigenvalue weighted by molar-refractivity contribution is 0.0710. The molecule has 1 amide bonds. The minimum absolute atomic E-state index is 0.111. The molecule has 25 heavy (non-hydrogen) atoms. The maximum atomic E-state index is 13.4. The molecule has 128 valence electrons. The number of hydrogen-bond acceptors (Lipinski definition) is 3. The lowest BCUT2D eigenvalue weighted by atomic mass is 10.1. The van der Waals surface area contributed by atoms with Gasteiger partial charge in [-0.25, -0.2) is 8.78 Å². The van der Waals surface area contributed by atoms with E-state index in [-0.39, 0.29) is 11.2 Å². The molecule has 0 saturated carbocycles. The summed E-state index contributed by atoms with van der Waals surface area (Å²) in [7, 11) is 1.50. The monoisotopic (exact) mass is 343 g/mol. The van der Waals surface area contributed by atoms with Crippen LogP contribution in [0, 0.1) is 11.6 Å². The third kappa shape index (κ3) is 3.15. The maximum absolute atomic E-state index is 13.4. The molecule has 1 atom stereocenters. The van der Waals surface area contributed by atoms with Crippen molar-refractivity contribution in [1.82, 2.24) is 4.90 Å².